The lowest BCUT2D eigenvalue weighted by Gasteiger charge is -2.10. The zero-order valence-electron chi connectivity index (χ0n) is 14.5. The van der Waals surface area contributed by atoms with Gasteiger partial charge < -0.3 is 15.5 Å². The van der Waals surface area contributed by atoms with Crippen molar-refractivity contribution in [1.82, 2.24) is 5.43 Å². The van der Waals surface area contributed by atoms with Crippen LogP contribution in [0.1, 0.15) is 29.3 Å². The maximum atomic E-state index is 12.7. The van der Waals surface area contributed by atoms with E-state index < -0.39 is 29.3 Å². The molecule has 0 bridgehead atoms. The third-order valence-electron chi connectivity index (χ3n) is 3.46. The Labute approximate surface area is 157 Å². The van der Waals surface area contributed by atoms with E-state index in [1.165, 1.54) is 31.2 Å². The molecule has 0 aliphatic carbocycles. The Hall–Kier alpha value is -3.56. The van der Waals surface area contributed by atoms with Crippen molar-refractivity contribution in [1.29, 1.82) is 0 Å². The first-order valence-electron chi connectivity index (χ1n) is 7.89. The molecule has 0 aromatic heterocycles. The van der Waals surface area contributed by atoms with E-state index in [0.29, 0.717) is 0 Å². The van der Waals surface area contributed by atoms with Crippen LogP contribution in [0.25, 0.3) is 0 Å². The first-order chi connectivity index (χ1) is 13.1. The number of nitrogens with zero attached hydrogens (tertiary/aromatic N) is 1. The molecule has 2 amide bonds. The quantitative estimate of drug-likeness (QED) is 0.460. The van der Waals surface area contributed by atoms with Gasteiger partial charge in [0.2, 0.25) is 5.91 Å². The number of aromatic hydroxyl groups is 2. The van der Waals surface area contributed by atoms with Crippen LogP contribution in [-0.2, 0) is 11.0 Å². The highest BCUT2D eigenvalue weighted by atomic mass is 19.4. The van der Waals surface area contributed by atoms with Crippen molar-refractivity contribution in [2.24, 2.45) is 5.10 Å². The molecule has 0 heterocycles. The molecule has 7 nitrogen and oxygen atoms in total. The SMILES string of the molecule is C/C(CC(=O)Nc1cccc(C(F)(F)F)c1)=N\NC(=O)c1ccc(O)cc1O. The highest BCUT2D eigenvalue weighted by Gasteiger charge is 2.30. The summed E-state index contributed by atoms with van der Waals surface area (Å²) in [7, 11) is 0. The van der Waals surface area contributed by atoms with Crippen molar-refractivity contribution in [2.75, 3.05) is 5.32 Å². The lowest BCUT2D eigenvalue weighted by molar-refractivity contribution is -0.137. The van der Waals surface area contributed by atoms with E-state index in [9.17, 15) is 33.0 Å². The fraction of sp³-hybridized carbons (Fsp3) is 0.167. The Morgan fingerprint density at radius 2 is 1.82 bits per heavy atom. The minimum atomic E-state index is -4.53. The number of alkyl halides is 3. The number of carbonyl (C=O) groups is 2. The second kappa shape index (κ2) is 8.42. The maximum Gasteiger partial charge on any atom is 0.416 e. The predicted molar refractivity (Wildman–Crippen MR) is 95.0 cm³/mol. The van der Waals surface area contributed by atoms with Crippen LogP contribution in [0.3, 0.4) is 0 Å². The normalized spacial score (nSPS) is 11.8. The molecule has 0 saturated carbocycles. The molecule has 0 saturated heterocycles. The minimum Gasteiger partial charge on any atom is -0.508 e. The van der Waals surface area contributed by atoms with Crippen LogP contribution in [0, 0.1) is 0 Å². The maximum absolute atomic E-state index is 12.7. The summed E-state index contributed by atoms with van der Waals surface area (Å²) in [4.78, 5) is 23.9. The van der Waals surface area contributed by atoms with Crippen LogP contribution in [0.15, 0.2) is 47.6 Å². The molecule has 0 atom stereocenters. The number of hydrazone groups is 1. The zero-order chi connectivity index (χ0) is 20.9. The summed E-state index contributed by atoms with van der Waals surface area (Å²) < 4.78 is 38.0. The third-order valence-corrected chi connectivity index (χ3v) is 3.46. The number of carbonyl (C=O) groups excluding carboxylic acids is 2. The monoisotopic (exact) mass is 395 g/mol. The molecule has 2 aromatic carbocycles. The molecular formula is C18H16F3N3O4. The Morgan fingerprint density at radius 1 is 1.11 bits per heavy atom. The molecule has 0 spiro atoms. The number of anilines is 1. The van der Waals surface area contributed by atoms with Gasteiger partial charge in [-0.05, 0) is 37.3 Å². The molecule has 0 aliphatic heterocycles. The van der Waals surface area contributed by atoms with Crippen molar-refractivity contribution in [3.63, 3.8) is 0 Å². The van der Waals surface area contributed by atoms with Gasteiger partial charge in [0, 0.05) is 17.5 Å². The molecule has 0 aliphatic rings. The van der Waals surface area contributed by atoms with Crippen LogP contribution in [0.5, 0.6) is 11.5 Å². The Balaban J connectivity index is 1.95. The largest absolute Gasteiger partial charge is 0.508 e. The van der Waals surface area contributed by atoms with E-state index in [-0.39, 0.29) is 29.1 Å². The number of nitrogens with one attached hydrogen (secondary N) is 2. The van der Waals surface area contributed by atoms with Gasteiger partial charge in [0.05, 0.1) is 17.5 Å². The summed E-state index contributed by atoms with van der Waals surface area (Å²) in [6.45, 7) is 1.43. The van der Waals surface area contributed by atoms with Gasteiger partial charge in [-0.25, -0.2) is 5.43 Å². The first kappa shape index (κ1) is 20.7. The van der Waals surface area contributed by atoms with E-state index >= 15 is 0 Å². The van der Waals surface area contributed by atoms with Gasteiger partial charge in [-0.2, -0.15) is 18.3 Å². The lowest BCUT2D eigenvalue weighted by Crippen LogP contribution is -2.21. The molecule has 4 N–H and O–H groups in total. The molecule has 148 valence electrons. The fourth-order valence-corrected chi connectivity index (χ4v) is 2.17. The second-order valence-electron chi connectivity index (χ2n) is 5.79. The van der Waals surface area contributed by atoms with Crippen LogP contribution in [0.2, 0.25) is 0 Å². The molecular weight excluding hydrogens is 379 g/mol. The van der Waals surface area contributed by atoms with Gasteiger partial charge >= 0.3 is 6.18 Å². The summed E-state index contributed by atoms with van der Waals surface area (Å²) in [5, 5.41) is 24.8. The van der Waals surface area contributed by atoms with Crippen LogP contribution >= 0.6 is 0 Å². The highest BCUT2D eigenvalue weighted by molar-refractivity contribution is 6.06. The number of halogens is 3. The third kappa shape index (κ3) is 5.73. The number of hydrogen-bond acceptors (Lipinski definition) is 5. The molecule has 0 fully saturated rings. The van der Waals surface area contributed by atoms with Crippen LogP contribution < -0.4 is 10.7 Å². The van der Waals surface area contributed by atoms with Gasteiger partial charge in [-0.3, -0.25) is 9.59 Å². The molecule has 0 unspecified atom stereocenters. The second-order valence-corrected chi connectivity index (χ2v) is 5.79. The van der Waals surface area contributed by atoms with Crippen molar-refractivity contribution in [3.8, 4) is 11.5 Å². The van der Waals surface area contributed by atoms with Gasteiger partial charge in [0.25, 0.3) is 5.91 Å². The summed E-state index contributed by atoms with van der Waals surface area (Å²) in [6.07, 6.45) is -4.81. The average Bonchev–Trinajstić information content (AvgIpc) is 2.59. The van der Waals surface area contributed by atoms with Crippen molar-refractivity contribution in [3.05, 3.63) is 53.6 Å². The summed E-state index contributed by atoms with van der Waals surface area (Å²) >= 11 is 0. The predicted octanol–water partition coefficient (Wildman–Crippen LogP) is 3.25. The van der Waals surface area contributed by atoms with Crippen LogP contribution in [0.4, 0.5) is 18.9 Å². The Bertz CT molecular complexity index is 927. The molecule has 28 heavy (non-hydrogen) atoms. The molecule has 2 aromatic rings. The van der Waals surface area contributed by atoms with E-state index in [1.54, 1.807) is 0 Å². The highest BCUT2D eigenvalue weighted by Crippen LogP contribution is 2.30. The number of hydrogen-bond donors (Lipinski definition) is 4. The van der Waals surface area contributed by atoms with E-state index in [4.69, 9.17) is 0 Å². The number of phenolic OH excluding ortho intramolecular Hbond substituents is 2. The number of rotatable bonds is 5. The zero-order valence-corrected chi connectivity index (χ0v) is 14.5. The van der Waals surface area contributed by atoms with Gasteiger partial charge in [-0.1, -0.05) is 6.07 Å². The topological polar surface area (TPSA) is 111 Å². The smallest absolute Gasteiger partial charge is 0.416 e. The van der Waals surface area contributed by atoms with E-state index in [0.717, 1.165) is 18.2 Å². The minimum absolute atomic E-state index is 0.0225. The first-order valence-corrected chi connectivity index (χ1v) is 7.89. The summed E-state index contributed by atoms with van der Waals surface area (Å²) in [5.41, 5.74) is 1.26. The summed E-state index contributed by atoms with van der Waals surface area (Å²) in [5.74, 6) is -2.06. The Morgan fingerprint density at radius 3 is 2.46 bits per heavy atom. The van der Waals surface area contributed by atoms with E-state index in [2.05, 4.69) is 15.8 Å². The van der Waals surface area contributed by atoms with Crippen molar-refractivity contribution in [2.45, 2.75) is 19.5 Å². The Kier molecular flexibility index (Phi) is 6.24. The van der Waals surface area contributed by atoms with Gasteiger partial charge in [0.1, 0.15) is 11.5 Å². The van der Waals surface area contributed by atoms with E-state index in [1.807, 2.05) is 0 Å². The number of phenols is 2. The summed E-state index contributed by atoms with van der Waals surface area (Å²) in [6, 6.07) is 7.54. The van der Waals surface area contributed by atoms with Crippen LogP contribution in [-0.4, -0.2) is 27.7 Å². The average molecular weight is 395 g/mol. The van der Waals surface area contributed by atoms with Crippen molar-refractivity contribution >= 4 is 23.2 Å². The van der Waals surface area contributed by atoms with Gasteiger partial charge in [0.15, 0.2) is 0 Å². The molecule has 2 rings (SSSR count). The van der Waals surface area contributed by atoms with Gasteiger partial charge in [-0.15, -0.1) is 0 Å². The van der Waals surface area contributed by atoms with Crippen molar-refractivity contribution < 1.29 is 33.0 Å². The molecule has 10 heteroatoms. The standard InChI is InChI=1S/C18H16F3N3O4/c1-10(23-24-17(28)14-6-5-13(25)9-15(14)26)7-16(27)22-12-4-2-3-11(8-12)18(19,20)21/h2-6,8-9,25-26H,7H2,1H3,(H,22,27)(H,24,28)/b23-10+. The number of amides is 2. The molecule has 0 radical (unpaired) electrons. The number of benzene rings is 2. The fourth-order valence-electron chi connectivity index (χ4n) is 2.17. The lowest BCUT2D eigenvalue weighted by atomic mass is 10.2.